The van der Waals surface area contributed by atoms with Gasteiger partial charge in [-0.2, -0.15) is 0 Å². The number of β-amino-alcohol motifs (C(OH)–C–C–N with tert-alkyl or cyclic N) is 1. The molecule has 0 saturated carbocycles. The number of carbonyl (C=O) groups excluding carboxylic acids is 1. The number of carbonyl (C=O) groups is 1. The number of nitrogens with zero attached hydrogens (tertiary/aromatic N) is 2. The predicted octanol–water partition coefficient (Wildman–Crippen LogP) is 4.26. The Kier molecular flexibility index (Phi) is 9.91. The van der Waals surface area contributed by atoms with Crippen molar-refractivity contribution in [2.24, 2.45) is 0 Å². The average molecular weight is 533 g/mol. The van der Waals surface area contributed by atoms with Crippen molar-refractivity contribution in [2.45, 2.75) is 12.3 Å². The first-order valence-corrected chi connectivity index (χ1v) is 13.0. The monoisotopic (exact) mass is 532 g/mol. The molecule has 1 aliphatic heterocycles. The predicted molar refractivity (Wildman–Crippen MR) is 153 cm³/mol. The van der Waals surface area contributed by atoms with Crippen LogP contribution in [0.5, 0.6) is 11.5 Å². The number of fused-ring (bicyclic) bond motifs is 1. The maximum absolute atomic E-state index is 12.3. The second-order valence-electron chi connectivity index (χ2n) is 9.31. The molecule has 1 aromatic heterocycles. The molecule has 206 valence electrons. The van der Waals surface area contributed by atoms with Crippen molar-refractivity contribution in [1.82, 2.24) is 14.8 Å². The van der Waals surface area contributed by atoms with Gasteiger partial charge in [0.1, 0.15) is 5.76 Å². The van der Waals surface area contributed by atoms with E-state index >= 15 is 0 Å². The summed E-state index contributed by atoms with van der Waals surface area (Å²) in [6, 6.07) is 13.6. The van der Waals surface area contributed by atoms with Crippen molar-refractivity contribution >= 4 is 29.2 Å². The molecule has 0 radical (unpaired) electrons. The van der Waals surface area contributed by atoms with Crippen LogP contribution in [0.2, 0.25) is 0 Å². The lowest BCUT2D eigenvalue weighted by molar-refractivity contribution is 0.115. The molecule has 3 N–H and O–H groups in total. The number of amides is 1. The van der Waals surface area contributed by atoms with Gasteiger partial charge in [-0.15, -0.1) is 0 Å². The molecule has 0 spiro atoms. The number of hydrogen-bond acceptors (Lipinski definition) is 7. The van der Waals surface area contributed by atoms with Gasteiger partial charge in [-0.25, -0.2) is 4.79 Å². The first-order chi connectivity index (χ1) is 19.1. The summed E-state index contributed by atoms with van der Waals surface area (Å²) in [6.07, 6.45) is 8.91. The summed E-state index contributed by atoms with van der Waals surface area (Å²) in [6.45, 7) is 3.86. The molecule has 4 rings (SSSR count). The van der Waals surface area contributed by atoms with E-state index in [0.717, 1.165) is 30.6 Å². The highest BCUT2D eigenvalue weighted by Crippen LogP contribution is 2.35. The van der Waals surface area contributed by atoms with Gasteiger partial charge in [-0.3, -0.25) is 9.47 Å². The SMILES string of the molecule is CNC(=O)n1ccc2cc(OC(/C=C/c3ccc(C4CN(CCO)C4)cc3)=C/C=N)c(OCCCOC)cc21. The maximum Gasteiger partial charge on any atom is 0.325 e. The summed E-state index contributed by atoms with van der Waals surface area (Å²) in [7, 11) is 3.23. The molecule has 1 amide bonds. The van der Waals surface area contributed by atoms with Crippen molar-refractivity contribution in [3.8, 4) is 11.5 Å². The largest absolute Gasteiger partial charge is 0.490 e. The van der Waals surface area contributed by atoms with Gasteiger partial charge >= 0.3 is 6.03 Å². The zero-order chi connectivity index (χ0) is 27.6. The molecule has 1 saturated heterocycles. The summed E-state index contributed by atoms with van der Waals surface area (Å²) in [5.41, 5.74) is 3.00. The zero-order valence-corrected chi connectivity index (χ0v) is 22.4. The number of aliphatic hydroxyl groups excluding tert-OH is 1. The van der Waals surface area contributed by atoms with E-state index in [4.69, 9.17) is 24.7 Å². The number of aliphatic hydroxyl groups is 1. The fourth-order valence-electron chi connectivity index (χ4n) is 4.51. The molecule has 2 heterocycles. The number of nitrogens with one attached hydrogen (secondary N) is 2. The van der Waals surface area contributed by atoms with Crippen molar-refractivity contribution < 1.29 is 24.1 Å². The summed E-state index contributed by atoms with van der Waals surface area (Å²) >= 11 is 0. The van der Waals surface area contributed by atoms with Crippen LogP contribution in [0.15, 0.2) is 66.6 Å². The van der Waals surface area contributed by atoms with E-state index in [-0.39, 0.29) is 12.6 Å². The first-order valence-electron chi connectivity index (χ1n) is 13.0. The number of hydrogen-bond donors (Lipinski definition) is 3. The second kappa shape index (κ2) is 13.7. The minimum Gasteiger partial charge on any atom is -0.490 e. The number of methoxy groups -OCH3 is 1. The number of rotatable bonds is 13. The fraction of sp³-hybridized carbons (Fsp3) is 0.333. The molecule has 9 heteroatoms. The van der Waals surface area contributed by atoms with E-state index in [1.54, 1.807) is 32.5 Å². The third-order valence-corrected chi connectivity index (χ3v) is 6.64. The van der Waals surface area contributed by atoms with Crippen LogP contribution < -0.4 is 14.8 Å². The highest BCUT2D eigenvalue weighted by molar-refractivity contribution is 5.93. The summed E-state index contributed by atoms with van der Waals surface area (Å²) in [5.74, 6) is 1.95. The van der Waals surface area contributed by atoms with Crippen molar-refractivity contribution in [3.63, 3.8) is 0 Å². The van der Waals surface area contributed by atoms with Crippen LogP contribution >= 0.6 is 0 Å². The number of likely N-dealkylation sites (tertiary alicyclic amines) is 1. The summed E-state index contributed by atoms with van der Waals surface area (Å²) < 4.78 is 18.9. The average Bonchev–Trinajstić information content (AvgIpc) is 3.34. The van der Waals surface area contributed by atoms with Crippen molar-refractivity contribution in [2.75, 3.05) is 53.6 Å². The van der Waals surface area contributed by atoms with E-state index in [9.17, 15) is 4.79 Å². The van der Waals surface area contributed by atoms with Gasteiger partial charge in [-0.1, -0.05) is 30.3 Å². The highest BCUT2D eigenvalue weighted by atomic mass is 16.5. The van der Waals surface area contributed by atoms with E-state index < -0.39 is 0 Å². The number of ether oxygens (including phenoxy) is 3. The Morgan fingerprint density at radius 2 is 1.95 bits per heavy atom. The molecule has 9 nitrogen and oxygen atoms in total. The molecule has 0 bridgehead atoms. The van der Waals surface area contributed by atoms with Gasteiger partial charge in [0.05, 0.1) is 18.7 Å². The molecule has 39 heavy (non-hydrogen) atoms. The lowest BCUT2D eigenvalue weighted by Crippen LogP contribution is -2.46. The van der Waals surface area contributed by atoms with Gasteiger partial charge in [-0.05, 0) is 35.4 Å². The number of benzene rings is 2. The van der Waals surface area contributed by atoms with Gasteiger partial charge in [0, 0.05) is 76.6 Å². The molecular weight excluding hydrogens is 496 g/mol. The Bertz CT molecular complexity index is 1320. The highest BCUT2D eigenvalue weighted by Gasteiger charge is 2.27. The number of allylic oxidation sites excluding steroid dienone is 2. The van der Waals surface area contributed by atoms with E-state index in [1.165, 1.54) is 16.3 Å². The Balaban J connectivity index is 1.52. The maximum atomic E-state index is 12.3. The molecule has 3 aromatic rings. The molecule has 0 aliphatic carbocycles. The number of aromatic nitrogens is 1. The Hall–Kier alpha value is -3.92. The van der Waals surface area contributed by atoms with Crippen molar-refractivity contribution in [1.29, 1.82) is 5.41 Å². The van der Waals surface area contributed by atoms with Crippen LogP contribution in [-0.4, -0.2) is 80.4 Å². The molecule has 0 atom stereocenters. The smallest absolute Gasteiger partial charge is 0.325 e. The lowest BCUT2D eigenvalue weighted by Gasteiger charge is -2.39. The van der Waals surface area contributed by atoms with E-state index in [1.807, 2.05) is 24.3 Å². The minimum absolute atomic E-state index is 0.197. The Morgan fingerprint density at radius 3 is 2.64 bits per heavy atom. The van der Waals surface area contributed by atoms with Crippen molar-refractivity contribution in [3.05, 3.63) is 77.7 Å². The minimum atomic E-state index is -0.248. The Morgan fingerprint density at radius 1 is 1.15 bits per heavy atom. The lowest BCUT2D eigenvalue weighted by atomic mass is 9.91. The summed E-state index contributed by atoms with van der Waals surface area (Å²) in [5, 5.41) is 20.2. The third kappa shape index (κ3) is 7.14. The van der Waals surface area contributed by atoms with Crippen LogP contribution in [-0.2, 0) is 4.74 Å². The van der Waals surface area contributed by atoms with Crippen LogP contribution in [0.4, 0.5) is 4.79 Å². The second-order valence-corrected chi connectivity index (χ2v) is 9.31. The molecule has 1 fully saturated rings. The van der Waals surface area contributed by atoms with Crippen LogP contribution in [0.25, 0.3) is 17.0 Å². The van der Waals surface area contributed by atoms with Gasteiger partial charge in [0.15, 0.2) is 11.5 Å². The van der Waals surface area contributed by atoms with Gasteiger partial charge in [0.25, 0.3) is 0 Å². The van der Waals surface area contributed by atoms with Crippen LogP contribution in [0, 0.1) is 5.41 Å². The molecule has 1 aliphatic rings. The van der Waals surface area contributed by atoms with Gasteiger partial charge < -0.3 is 30.0 Å². The quantitative estimate of drug-likeness (QED) is 0.131. The van der Waals surface area contributed by atoms with Gasteiger partial charge in [0.2, 0.25) is 0 Å². The fourth-order valence-corrected chi connectivity index (χ4v) is 4.51. The third-order valence-electron chi connectivity index (χ3n) is 6.64. The Labute approximate surface area is 228 Å². The van der Waals surface area contributed by atoms with E-state index in [0.29, 0.717) is 48.3 Å². The van der Waals surface area contributed by atoms with Crippen LogP contribution in [0.3, 0.4) is 0 Å². The zero-order valence-electron chi connectivity index (χ0n) is 22.4. The first kappa shape index (κ1) is 28.1. The van der Waals surface area contributed by atoms with Crippen LogP contribution in [0.1, 0.15) is 23.5 Å². The normalized spacial score (nSPS) is 14.5. The topological polar surface area (TPSA) is 109 Å². The molecular formula is C30H36N4O5. The standard InChI is InChI=1S/C30H36N4O5/c1-32-30(36)34-13-11-24-18-29(28(19-27(24)34)38-17-3-16-37-2)39-26(10-12-31)9-6-22-4-7-23(8-5-22)25-20-33(21-25)14-15-35/h4-13,18-19,25,31,35H,3,14-17,20-21H2,1-2H3,(H,32,36)/b9-6+,26-10+,31-12?. The molecule has 2 aromatic carbocycles. The van der Waals surface area contributed by atoms with E-state index in [2.05, 4.69) is 34.5 Å². The molecule has 0 unspecified atom stereocenters. The summed E-state index contributed by atoms with van der Waals surface area (Å²) in [4.78, 5) is 14.5.